The first kappa shape index (κ1) is 8.56. The standard InChI is InChI=1S/C8H11BrN2/c1-11-8-3-2-6(5-10)4-7(8)9/h2-4,11H,5,10H2,1H3. The smallest absolute Gasteiger partial charge is 0.0482 e. The third-order valence-corrected chi connectivity index (χ3v) is 2.19. The molecule has 0 saturated heterocycles. The van der Waals surface area contributed by atoms with Crippen LogP contribution < -0.4 is 11.1 Å². The van der Waals surface area contributed by atoms with Gasteiger partial charge >= 0.3 is 0 Å². The molecule has 3 N–H and O–H groups in total. The summed E-state index contributed by atoms with van der Waals surface area (Å²) in [6, 6.07) is 6.04. The van der Waals surface area contributed by atoms with E-state index in [1.165, 1.54) is 0 Å². The molecule has 0 radical (unpaired) electrons. The van der Waals surface area contributed by atoms with E-state index < -0.39 is 0 Å². The maximum atomic E-state index is 5.47. The SMILES string of the molecule is CNc1ccc(CN)cc1Br. The van der Waals surface area contributed by atoms with Crippen molar-refractivity contribution in [2.75, 3.05) is 12.4 Å². The Balaban J connectivity index is 2.99. The van der Waals surface area contributed by atoms with E-state index in [9.17, 15) is 0 Å². The van der Waals surface area contributed by atoms with Crippen LogP contribution in [0.1, 0.15) is 5.56 Å². The zero-order valence-electron chi connectivity index (χ0n) is 6.39. The van der Waals surface area contributed by atoms with Crippen LogP contribution in [-0.4, -0.2) is 7.05 Å². The highest BCUT2D eigenvalue weighted by atomic mass is 79.9. The first-order valence-corrected chi connectivity index (χ1v) is 4.23. The number of nitrogens with one attached hydrogen (secondary N) is 1. The molecule has 2 nitrogen and oxygen atoms in total. The van der Waals surface area contributed by atoms with Crippen molar-refractivity contribution in [3.05, 3.63) is 28.2 Å². The van der Waals surface area contributed by atoms with Gasteiger partial charge in [0.2, 0.25) is 0 Å². The van der Waals surface area contributed by atoms with Crippen LogP contribution in [0.25, 0.3) is 0 Å². The molecule has 0 atom stereocenters. The van der Waals surface area contributed by atoms with Gasteiger partial charge in [0.05, 0.1) is 0 Å². The van der Waals surface area contributed by atoms with Crippen molar-refractivity contribution < 1.29 is 0 Å². The van der Waals surface area contributed by atoms with Gasteiger partial charge in [0.25, 0.3) is 0 Å². The molecule has 11 heavy (non-hydrogen) atoms. The Morgan fingerprint density at radius 1 is 1.55 bits per heavy atom. The largest absolute Gasteiger partial charge is 0.387 e. The number of halogens is 1. The molecule has 0 aliphatic rings. The van der Waals surface area contributed by atoms with Crippen LogP contribution in [0, 0.1) is 0 Å². The predicted molar refractivity (Wildman–Crippen MR) is 51.6 cm³/mol. The topological polar surface area (TPSA) is 38.0 Å². The Morgan fingerprint density at radius 3 is 2.73 bits per heavy atom. The summed E-state index contributed by atoms with van der Waals surface area (Å²) < 4.78 is 1.06. The van der Waals surface area contributed by atoms with E-state index in [2.05, 4.69) is 21.2 Å². The summed E-state index contributed by atoms with van der Waals surface area (Å²) in [5, 5.41) is 3.06. The molecule has 0 unspecified atom stereocenters. The van der Waals surface area contributed by atoms with Gasteiger partial charge in [-0.25, -0.2) is 0 Å². The summed E-state index contributed by atoms with van der Waals surface area (Å²) in [5.74, 6) is 0. The third-order valence-electron chi connectivity index (χ3n) is 1.54. The number of anilines is 1. The second kappa shape index (κ2) is 3.74. The Hall–Kier alpha value is -0.540. The molecule has 0 saturated carbocycles. The summed E-state index contributed by atoms with van der Waals surface area (Å²) >= 11 is 3.43. The van der Waals surface area contributed by atoms with Gasteiger partial charge in [-0.05, 0) is 33.6 Å². The maximum Gasteiger partial charge on any atom is 0.0482 e. The van der Waals surface area contributed by atoms with Crippen LogP contribution in [0.15, 0.2) is 22.7 Å². The molecule has 0 spiro atoms. The highest BCUT2D eigenvalue weighted by Gasteiger charge is 1.96. The second-order valence-corrected chi connectivity index (χ2v) is 3.12. The van der Waals surface area contributed by atoms with Crippen molar-refractivity contribution in [2.45, 2.75) is 6.54 Å². The molecule has 0 heterocycles. The highest BCUT2D eigenvalue weighted by Crippen LogP contribution is 2.22. The van der Waals surface area contributed by atoms with Gasteiger partial charge in [-0.3, -0.25) is 0 Å². The van der Waals surface area contributed by atoms with E-state index in [1.54, 1.807) is 0 Å². The Morgan fingerprint density at radius 2 is 2.27 bits per heavy atom. The Labute approximate surface area is 74.9 Å². The molecule has 0 aliphatic carbocycles. The molecule has 0 aromatic heterocycles. The molecular formula is C8H11BrN2. The number of hydrogen-bond acceptors (Lipinski definition) is 2. The molecular weight excluding hydrogens is 204 g/mol. The van der Waals surface area contributed by atoms with Crippen molar-refractivity contribution in [1.82, 2.24) is 0 Å². The van der Waals surface area contributed by atoms with E-state index in [0.717, 1.165) is 15.7 Å². The minimum Gasteiger partial charge on any atom is -0.387 e. The number of benzene rings is 1. The van der Waals surface area contributed by atoms with Crippen molar-refractivity contribution in [1.29, 1.82) is 0 Å². The molecule has 3 heteroatoms. The Bertz CT molecular complexity index is 248. The van der Waals surface area contributed by atoms with Crippen molar-refractivity contribution >= 4 is 21.6 Å². The lowest BCUT2D eigenvalue weighted by Crippen LogP contribution is -1.97. The van der Waals surface area contributed by atoms with Crippen LogP contribution in [0.2, 0.25) is 0 Å². The van der Waals surface area contributed by atoms with Crippen molar-refractivity contribution in [2.24, 2.45) is 5.73 Å². The molecule has 1 aromatic carbocycles. The van der Waals surface area contributed by atoms with E-state index in [-0.39, 0.29) is 0 Å². The van der Waals surface area contributed by atoms with Gasteiger partial charge in [0.15, 0.2) is 0 Å². The summed E-state index contributed by atoms with van der Waals surface area (Å²) in [4.78, 5) is 0. The lowest BCUT2D eigenvalue weighted by molar-refractivity contribution is 1.07. The van der Waals surface area contributed by atoms with Gasteiger partial charge in [-0.2, -0.15) is 0 Å². The van der Waals surface area contributed by atoms with Gasteiger partial charge in [-0.1, -0.05) is 6.07 Å². The quantitative estimate of drug-likeness (QED) is 0.791. The first-order chi connectivity index (χ1) is 5.27. The van der Waals surface area contributed by atoms with Crippen LogP contribution >= 0.6 is 15.9 Å². The molecule has 0 fully saturated rings. The third kappa shape index (κ3) is 1.94. The number of hydrogen-bond donors (Lipinski definition) is 2. The summed E-state index contributed by atoms with van der Waals surface area (Å²) in [6.45, 7) is 0.586. The minimum absolute atomic E-state index is 0.586. The zero-order valence-corrected chi connectivity index (χ0v) is 7.98. The lowest BCUT2D eigenvalue weighted by Gasteiger charge is -2.04. The predicted octanol–water partition coefficient (Wildman–Crippen LogP) is 1.95. The number of nitrogens with two attached hydrogens (primary N) is 1. The van der Waals surface area contributed by atoms with Crippen molar-refractivity contribution in [3.63, 3.8) is 0 Å². The monoisotopic (exact) mass is 214 g/mol. The van der Waals surface area contributed by atoms with Gasteiger partial charge in [0, 0.05) is 23.8 Å². The van der Waals surface area contributed by atoms with Crippen LogP contribution in [0.5, 0.6) is 0 Å². The fourth-order valence-corrected chi connectivity index (χ4v) is 1.51. The first-order valence-electron chi connectivity index (χ1n) is 3.44. The second-order valence-electron chi connectivity index (χ2n) is 2.27. The van der Waals surface area contributed by atoms with Crippen LogP contribution in [-0.2, 0) is 6.54 Å². The highest BCUT2D eigenvalue weighted by molar-refractivity contribution is 9.10. The average molecular weight is 215 g/mol. The van der Waals surface area contributed by atoms with E-state index >= 15 is 0 Å². The zero-order chi connectivity index (χ0) is 8.27. The average Bonchev–Trinajstić information content (AvgIpc) is 2.04. The van der Waals surface area contributed by atoms with Gasteiger partial charge in [0.1, 0.15) is 0 Å². The normalized spacial score (nSPS) is 9.73. The summed E-state index contributed by atoms with van der Waals surface area (Å²) in [6.07, 6.45) is 0. The summed E-state index contributed by atoms with van der Waals surface area (Å²) in [5.41, 5.74) is 7.69. The molecule has 0 aliphatic heterocycles. The van der Waals surface area contributed by atoms with E-state index in [4.69, 9.17) is 5.73 Å². The van der Waals surface area contributed by atoms with Gasteiger partial charge < -0.3 is 11.1 Å². The minimum atomic E-state index is 0.586. The fraction of sp³-hybridized carbons (Fsp3) is 0.250. The fourth-order valence-electron chi connectivity index (χ4n) is 0.888. The van der Waals surface area contributed by atoms with Crippen LogP contribution in [0.4, 0.5) is 5.69 Å². The molecule has 60 valence electrons. The molecule has 0 bridgehead atoms. The van der Waals surface area contributed by atoms with Crippen LogP contribution in [0.3, 0.4) is 0 Å². The molecule has 1 aromatic rings. The summed E-state index contributed by atoms with van der Waals surface area (Å²) in [7, 11) is 1.89. The molecule has 1 rings (SSSR count). The maximum absolute atomic E-state index is 5.47. The lowest BCUT2D eigenvalue weighted by atomic mass is 10.2. The Kier molecular flexibility index (Phi) is 2.91. The van der Waals surface area contributed by atoms with E-state index in [0.29, 0.717) is 6.54 Å². The van der Waals surface area contributed by atoms with E-state index in [1.807, 2.05) is 25.2 Å². The molecule has 0 amide bonds. The van der Waals surface area contributed by atoms with Crippen molar-refractivity contribution in [3.8, 4) is 0 Å². The van der Waals surface area contributed by atoms with Gasteiger partial charge in [-0.15, -0.1) is 0 Å². The number of rotatable bonds is 2.